The number of hydrogen-bond acceptors (Lipinski definition) is 2. The van der Waals surface area contributed by atoms with Gasteiger partial charge < -0.3 is 0 Å². The molecule has 0 bridgehead atoms. The molecule has 7 rings (SSSR count). The smallest absolute Gasteiger partial charge is 0.264 e. The van der Waals surface area contributed by atoms with Gasteiger partial charge in [-0.1, -0.05) is 97.1 Å². The number of benzene rings is 5. The molecule has 0 amide bonds. The third-order valence-electron chi connectivity index (χ3n) is 7.02. The van der Waals surface area contributed by atoms with Gasteiger partial charge in [0.25, 0.3) is 5.56 Å². The number of pyridine rings is 2. The molecule has 0 saturated carbocycles. The Hall–Kier alpha value is -5.02. The molecule has 2 heterocycles. The molecule has 3 heteroatoms. The maximum Gasteiger partial charge on any atom is 0.264 e. The van der Waals surface area contributed by atoms with Gasteiger partial charge >= 0.3 is 0 Å². The summed E-state index contributed by atoms with van der Waals surface area (Å²) in [7, 11) is 0. The predicted octanol–water partition coefficient (Wildman–Crippen LogP) is 8.03. The van der Waals surface area contributed by atoms with Crippen molar-refractivity contribution >= 4 is 32.6 Å². The molecule has 2 aromatic heterocycles. The zero-order valence-electron chi connectivity index (χ0n) is 20.0. The Kier molecular flexibility index (Phi) is 4.93. The van der Waals surface area contributed by atoms with Gasteiger partial charge in [-0.3, -0.25) is 14.3 Å². The summed E-state index contributed by atoms with van der Waals surface area (Å²) in [5, 5.41) is 3.43. The standard InChI is InChI=1S/C34H22N2O/c37-34-33-29-16-7-9-17-31(29)35-22-30(33)28-15-8-10-18-32(28)36(34)27-20-25(23-11-3-1-4-12-23)19-26(21-27)24-13-5-2-6-14-24/h1-22H. The molecule has 0 N–H and O–H groups in total. The molecular formula is C34H22N2O. The Labute approximate surface area is 213 Å². The van der Waals surface area contributed by atoms with E-state index in [2.05, 4.69) is 53.5 Å². The van der Waals surface area contributed by atoms with Gasteiger partial charge in [-0.05, 0) is 52.6 Å². The Bertz CT molecular complexity index is 1930. The van der Waals surface area contributed by atoms with E-state index < -0.39 is 0 Å². The van der Waals surface area contributed by atoms with Gasteiger partial charge in [-0.25, -0.2) is 0 Å². The summed E-state index contributed by atoms with van der Waals surface area (Å²) in [6.45, 7) is 0. The van der Waals surface area contributed by atoms with Gasteiger partial charge in [0, 0.05) is 22.4 Å². The van der Waals surface area contributed by atoms with Crippen LogP contribution in [0.3, 0.4) is 0 Å². The molecular weight excluding hydrogens is 452 g/mol. The van der Waals surface area contributed by atoms with Crippen LogP contribution in [0.25, 0.3) is 60.5 Å². The highest BCUT2D eigenvalue weighted by Crippen LogP contribution is 2.33. The molecule has 37 heavy (non-hydrogen) atoms. The van der Waals surface area contributed by atoms with E-state index in [1.807, 2.05) is 89.6 Å². The van der Waals surface area contributed by atoms with Crippen molar-refractivity contribution in [2.75, 3.05) is 0 Å². The van der Waals surface area contributed by atoms with Crippen molar-refractivity contribution in [2.24, 2.45) is 0 Å². The lowest BCUT2D eigenvalue weighted by molar-refractivity contribution is 1.06. The molecule has 3 nitrogen and oxygen atoms in total. The lowest BCUT2D eigenvalue weighted by atomic mass is 9.97. The fourth-order valence-corrected chi connectivity index (χ4v) is 5.28. The molecule has 0 aliphatic rings. The average Bonchev–Trinajstić information content (AvgIpc) is 2.97. The van der Waals surface area contributed by atoms with Crippen LogP contribution in [-0.4, -0.2) is 9.55 Å². The fraction of sp³-hybridized carbons (Fsp3) is 0. The third-order valence-corrected chi connectivity index (χ3v) is 7.02. The quantitative estimate of drug-likeness (QED) is 0.243. The van der Waals surface area contributed by atoms with Gasteiger partial charge in [-0.2, -0.15) is 0 Å². The predicted molar refractivity (Wildman–Crippen MR) is 153 cm³/mol. The Balaban J connectivity index is 1.63. The van der Waals surface area contributed by atoms with Gasteiger partial charge in [0.05, 0.1) is 22.1 Å². The van der Waals surface area contributed by atoms with Crippen LogP contribution in [0.2, 0.25) is 0 Å². The molecule has 5 aromatic carbocycles. The van der Waals surface area contributed by atoms with Crippen molar-refractivity contribution in [3.05, 3.63) is 144 Å². The van der Waals surface area contributed by atoms with Crippen LogP contribution in [0.15, 0.2) is 138 Å². The highest BCUT2D eigenvalue weighted by atomic mass is 16.1. The molecule has 0 saturated heterocycles. The van der Waals surface area contributed by atoms with Gasteiger partial charge in [0.1, 0.15) is 0 Å². The van der Waals surface area contributed by atoms with Gasteiger partial charge in [-0.15, -0.1) is 0 Å². The lowest BCUT2D eigenvalue weighted by Gasteiger charge is -2.17. The summed E-state index contributed by atoms with van der Waals surface area (Å²) in [5.74, 6) is 0. The summed E-state index contributed by atoms with van der Waals surface area (Å²) in [6.07, 6.45) is 1.83. The maximum absolute atomic E-state index is 14.4. The van der Waals surface area contributed by atoms with Crippen LogP contribution >= 0.6 is 0 Å². The molecule has 0 aliphatic carbocycles. The summed E-state index contributed by atoms with van der Waals surface area (Å²) < 4.78 is 1.86. The molecule has 0 fully saturated rings. The van der Waals surface area contributed by atoms with Gasteiger partial charge in [0.2, 0.25) is 0 Å². The minimum absolute atomic E-state index is 0.0449. The molecule has 0 spiro atoms. The molecule has 174 valence electrons. The Morgan fingerprint density at radius 3 is 1.76 bits per heavy atom. The van der Waals surface area contributed by atoms with Crippen LogP contribution in [0, 0.1) is 0 Å². The number of aromatic nitrogens is 2. The summed E-state index contributed by atoms with van der Waals surface area (Å²) in [6, 6.07) is 43.0. The minimum atomic E-state index is -0.0449. The topological polar surface area (TPSA) is 34.9 Å². The van der Waals surface area contributed by atoms with E-state index in [0.717, 1.165) is 55.1 Å². The van der Waals surface area contributed by atoms with Crippen molar-refractivity contribution in [1.29, 1.82) is 0 Å². The second-order valence-electron chi connectivity index (χ2n) is 9.22. The average molecular weight is 475 g/mol. The first-order valence-electron chi connectivity index (χ1n) is 12.4. The van der Waals surface area contributed by atoms with Crippen molar-refractivity contribution in [2.45, 2.75) is 0 Å². The molecule has 0 radical (unpaired) electrons. The van der Waals surface area contributed by atoms with E-state index in [-0.39, 0.29) is 5.56 Å². The maximum atomic E-state index is 14.4. The van der Waals surface area contributed by atoms with Crippen LogP contribution in [-0.2, 0) is 0 Å². The van der Waals surface area contributed by atoms with E-state index in [4.69, 9.17) is 0 Å². The van der Waals surface area contributed by atoms with Gasteiger partial charge in [0.15, 0.2) is 0 Å². The second kappa shape index (κ2) is 8.58. The van der Waals surface area contributed by atoms with E-state index in [1.54, 1.807) is 0 Å². The van der Waals surface area contributed by atoms with E-state index in [0.29, 0.717) is 5.39 Å². The zero-order chi connectivity index (χ0) is 24.8. The normalized spacial score (nSPS) is 11.4. The Morgan fingerprint density at radius 1 is 0.514 bits per heavy atom. The summed E-state index contributed by atoms with van der Waals surface area (Å²) in [5.41, 5.74) is 6.81. The first kappa shape index (κ1) is 21.3. The number of fused-ring (bicyclic) bond motifs is 5. The van der Waals surface area contributed by atoms with E-state index in [9.17, 15) is 4.79 Å². The number of hydrogen-bond donors (Lipinski definition) is 0. The van der Waals surface area contributed by atoms with Crippen molar-refractivity contribution in [3.63, 3.8) is 0 Å². The van der Waals surface area contributed by atoms with Crippen LogP contribution < -0.4 is 5.56 Å². The summed E-state index contributed by atoms with van der Waals surface area (Å²) >= 11 is 0. The molecule has 0 aliphatic heterocycles. The minimum Gasteiger partial charge on any atom is -0.276 e. The fourth-order valence-electron chi connectivity index (χ4n) is 5.28. The lowest BCUT2D eigenvalue weighted by Crippen LogP contribution is -2.20. The molecule has 0 atom stereocenters. The highest BCUT2D eigenvalue weighted by molar-refractivity contribution is 6.15. The SMILES string of the molecule is O=c1c2c3ccccc3ncc2c2ccccc2n1-c1cc(-c2ccccc2)cc(-c2ccccc2)c1. The Morgan fingerprint density at radius 2 is 1.08 bits per heavy atom. The summed E-state index contributed by atoms with van der Waals surface area (Å²) in [4.78, 5) is 19.1. The number of para-hydroxylation sites is 2. The number of nitrogens with zero attached hydrogens (tertiary/aromatic N) is 2. The number of rotatable bonds is 3. The van der Waals surface area contributed by atoms with Crippen LogP contribution in [0.5, 0.6) is 0 Å². The van der Waals surface area contributed by atoms with Crippen LogP contribution in [0.1, 0.15) is 0 Å². The molecule has 0 unspecified atom stereocenters. The highest BCUT2D eigenvalue weighted by Gasteiger charge is 2.16. The largest absolute Gasteiger partial charge is 0.276 e. The van der Waals surface area contributed by atoms with E-state index in [1.165, 1.54) is 0 Å². The third kappa shape index (κ3) is 3.52. The van der Waals surface area contributed by atoms with Crippen molar-refractivity contribution in [1.82, 2.24) is 9.55 Å². The molecule has 7 aromatic rings. The first-order valence-corrected chi connectivity index (χ1v) is 12.4. The first-order chi connectivity index (χ1) is 18.3. The monoisotopic (exact) mass is 474 g/mol. The second-order valence-corrected chi connectivity index (χ2v) is 9.22. The van der Waals surface area contributed by atoms with Crippen molar-refractivity contribution in [3.8, 4) is 27.9 Å². The zero-order valence-corrected chi connectivity index (χ0v) is 20.0. The van der Waals surface area contributed by atoms with Crippen LogP contribution in [0.4, 0.5) is 0 Å². The van der Waals surface area contributed by atoms with E-state index >= 15 is 0 Å². The van der Waals surface area contributed by atoms with Crippen molar-refractivity contribution < 1.29 is 0 Å².